The van der Waals surface area contributed by atoms with Crippen molar-refractivity contribution in [3.05, 3.63) is 34.9 Å². The van der Waals surface area contributed by atoms with E-state index in [4.69, 9.17) is 9.72 Å². The first-order valence-corrected chi connectivity index (χ1v) is 14.5. The number of fused-ring (bicyclic) bond motifs is 1. The number of ether oxygens (including phenoxy) is 1. The van der Waals surface area contributed by atoms with Crippen molar-refractivity contribution in [2.24, 2.45) is 0 Å². The molecule has 0 radical (unpaired) electrons. The molecule has 2 aromatic heterocycles. The van der Waals surface area contributed by atoms with Crippen LogP contribution < -0.4 is 10.2 Å². The topological polar surface area (TPSA) is 89.6 Å². The Balaban J connectivity index is 1.45. The monoisotopic (exact) mass is 585 g/mol. The summed E-state index contributed by atoms with van der Waals surface area (Å²) in [6.07, 6.45) is 4.98. The molecule has 3 heterocycles. The van der Waals surface area contributed by atoms with Crippen molar-refractivity contribution in [3.63, 3.8) is 0 Å². The fourth-order valence-corrected chi connectivity index (χ4v) is 5.30. The molecule has 1 aliphatic rings. The van der Waals surface area contributed by atoms with Crippen LogP contribution in [0, 0.1) is 0 Å². The standard InChI is InChI=1S/C28H40BrN7O2/c1-4-34-13-11-22(12-14-34)31-25-24(29)19-30-28-26(25)32-27(33-28)21-7-9-23(10-8-21)36(5-2)16-15-35(20-37)17-18-38-6-3/h7-10,19-20,22H,4-6,11-18H2,1-3H3,(H2,30,31,32,33). The number of anilines is 2. The van der Waals surface area contributed by atoms with Crippen LogP contribution >= 0.6 is 15.9 Å². The van der Waals surface area contributed by atoms with Crippen molar-refractivity contribution >= 4 is 44.9 Å². The minimum Gasteiger partial charge on any atom is -0.380 e. The third kappa shape index (κ3) is 7.03. The molecule has 0 spiro atoms. The van der Waals surface area contributed by atoms with Gasteiger partial charge in [-0.25, -0.2) is 9.97 Å². The number of likely N-dealkylation sites (tertiary alicyclic amines) is 1. The molecule has 0 atom stereocenters. The molecule has 0 bridgehead atoms. The molecule has 38 heavy (non-hydrogen) atoms. The van der Waals surface area contributed by atoms with Gasteiger partial charge in [0, 0.05) is 69.4 Å². The van der Waals surface area contributed by atoms with E-state index in [1.165, 1.54) is 0 Å². The molecular formula is C28H40BrN7O2. The summed E-state index contributed by atoms with van der Waals surface area (Å²) in [5, 5.41) is 3.74. The molecular weight excluding hydrogens is 546 g/mol. The Hall–Kier alpha value is -2.69. The number of pyridine rings is 1. The van der Waals surface area contributed by atoms with Gasteiger partial charge in [0.15, 0.2) is 5.65 Å². The lowest BCUT2D eigenvalue weighted by Gasteiger charge is -2.32. The normalized spacial score (nSPS) is 14.6. The van der Waals surface area contributed by atoms with E-state index in [-0.39, 0.29) is 0 Å². The molecule has 1 aromatic carbocycles. The van der Waals surface area contributed by atoms with Crippen LogP contribution in [0.15, 0.2) is 34.9 Å². The summed E-state index contributed by atoms with van der Waals surface area (Å²) in [6.45, 7) is 13.8. The van der Waals surface area contributed by atoms with E-state index in [1.54, 1.807) is 4.90 Å². The predicted octanol–water partition coefficient (Wildman–Crippen LogP) is 4.60. The molecule has 1 amide bonds. The molecule has 0 saturated carbocycles. The maximum Gasteiger partial charge on any atom is 0.209 e. The number of hydrogen-bond donors (Lipinski definition) is 2. The van der Waals surface area contributed by atoms with Crippen LogP contribution in [0.5, 0.6) is 0 Å². The molecule has 0 unspecified atom stereocenters. The summed E-state index contributed by atoms with van der Waals surface area (Å²) in [5.41, 5.74) is 4.76. The molecule has 1 fully saturated rings. The lowest BCUT2D eigenvalue weighted by Crippen LogP contribution is -2.38. The number of piperidine rings is 1. The van der Waals surface area contributed by atoms with E-state index in [1.807, 2.05) is 13.1 Å². The number of rotatable bonds is 14. The molecule has 2 N–H and O–H groups in total. The van der Waals surface area contributed by atoms with Crippen LogP contribution in [0.3, 0.4) is 0 Å². The van der Waals surface area contributed by atoms with E-state index in [0.717, 1.165) is 90.4 Å². The van der Waals surface area contributed by atoms with Crippen molar-refractivity contribution in [2.45, 2.75) is 39.7 Å². The minimum atomic E-state index is 0.425. The first-order chi connectivity index (χ1) is 18.6. The van der Waals surface area contributed by atoms with Gasteiger partial charge in [0.2, 0.25) is 6.41 Å². The number of aromatic nitrogens is 3. The minimum absolute atomic E-state index is 0.425. The second kappa shape index (κ2) is 13.9. The van der Waals surface area contributed by atoms with Crippen LogP contribution in [-0.2, 0) is 9.53 Å². The highest BCUT2D eigenvalue weighted by Gasteiger charge is 2.21. The zero-order valence-corrected chi connectivity index (χ0v) is 24.3. The second-order valence-corrected chi connectivity index (χ2v) is 10.4. The summed E-state index contributed by atoms with van der Waals surface area (Å²) in [6, 6.07) is 8.83. The number of nitrogens with one attached hydrogen (secondary N) is 2. The van der Waals surface area contributed by atoms with Crippen LogP contribution in [0.25, 0.3) is 22.6 Å². The van der Waals surface area contributed by atoms with Crippen molar-refractivity contribution in [2.75, 3.05) is 69.2 Å². The van der Waals surface area contributed by atoms with E-state index in [2.05, 4.69) is 79.1 Å². The van der Waals surface area contributed by atoms with Gasteiger partial charge in [-0.2, -0.15) is 0 Å². The van der Waals surface area contributed by atoms with E-state index >= 15 is 0 Å². The lowest BCUT2D eigenvalue weighted by atomic mass is 10.0. The summed E-state index contributed by atoms with van der Waals surface area (Å²) in [5.74, 6) is 0.798. The van der Waals surface area contributed by atoms with Gasteiger partial charge in [-0.05, 0) is 73.4 Å². The Morgan fingerprint density at radius 1 is 1.16 bits per heavy atom. The number of carbonyl (C=O) groups is 1. The SMILES string of the molecule is CCOCCN(C=O)CCN(CC)c1ccc(-c2nc3c(NC4CCN(CC)CC4)c(Br)cnc3[nH]2)cc1. The highest BCUT2D eigenvalue weighted by Crippen LogP contribution is 2.32. The molecule has 4 rings (SSSR count). The van der Waals surface area contributed by atoms with E-state index in [9.17, 15) is 4.79 Å². The number of aromatic amines is 1. The number of likely N-dealkylation sites (N-methyl/N-ethyl adjacent to an activating group) is 1. The van der Waals surface area contributed by atoms with Crippen molar-refractivity contribution in [1.82, 2.24) is 24.8 Å². The van der Waals surface area contributed by atoms with Crippen LogP contribution in [0.2, 0.25) is 0 Å². The molecule has 0 aliphatic carbocycles. The van der Waals surface area contributed by atoms with E-state index in [0.29, 0.717) is 32.3 Å². The Bertz CT molecular complexity index is 1160. The van der Waals surface area contributed by atoms with Gasteiger partial charge in [-0.1, -0.05) is 6.92 Å². The number of hydrogen-bond acceptors (Lipinski definition) is 7. The third-order valence-corrected chi connectivity index (χ3v) is 7.87. The van der Waals surface area contributed by atoms with Gasteiger partial charge in [0.1, 0.15) is 11.3 Å². The summed E-state index contributed by atoms with van der Waals surface area (Å²) >= 11 is 3.69. The second-order valence-electron chi connectivity index (χ2n) is 9.58. The third-order valence-electron chi connectivity index (χ3n) is 7.27. The Morgan fingerprint density at radius 2 is 1.92 bits per heavy atom. The maximum atomic E-state index is 11.4. The Morgan fingerprint density at radius 3 is 2.58 bits per heavy atom. The summed E-state index contributed by atoms with van der Waals surface area (Å²) in [7, 11) is 0. The van der Waals surface area contributed by atoms with Crippen LogP contribution in [0.1, 0.15) is 33.6 Å². The fourth-order valence-electron chi connectivity index (χ4n) is 4.89. The van der Waals surface area contributed by atoms with Gasteiger partial charge in [-0.15, -0.1) is 0 Å². The number of halogens is 1. The molecule has 1 aliphatic heterocycles. The number of carbonyl (C=O) groups excluding carboxylic acids is 1. The summed E-state index contributed by atoms with van der Waals surface area (Å²) in [4.78, 5) is 30.9. The number of imidazole rings is 1. The van der Waals surface area contributed by atoms with Crippen molar-refractivity contribution in [3.8, 4) is 11.4 Å². The Kier molecular flexibility index (Phi) is 10.4. The predicted molar refractivity (Wildman–Crippen MR) is 158 cm³/mol. The van der Waals surface area contributed by atoms with Crippen LogP contribution in [0.4, 0.5) is 11.4 Å². The van der Waals surface area contributed by atoms with Gasteiger partial charge >= 0.3 is 0 Å². The largest absolute Gasteiger partial charge is 0.380 e. The molecule has 1 saturated heterocycles. The van der Waals surface area contributed by atoms with Crippen molar-refractivity contribution < 1.29 is 9.53 Å². The van der Waals surface area contributed by atoms with Gasteiger partial charge < -0.3 is 29.7 Å². The zero-order valence-electron chi connectivity index (χ0n) is 22.8. The lowest BCUT2D eigenvalue weighted by molar-refractivity contribution is -0.118. The quantitative estimate of drug-likeness (QED) is 0.211. The highest BCUT2D eigenvalue weighted by atomic mass is 79.9. The van der Waals surface area contributed by atoms with E-state index < -0.39 is 0 Å². The number of amides is 1. The van der Waals surface area contributed by atoms with Crippen molar-refractivity contribution in [1.29, 1.82) is 0 Å². The highest BCUT2D eigenvalue weighted by molar-refractivity contribution is 9.10. The average molecular weight is 587 g/mol. The first kappa shape index (κ1) is 28.3. The number of H-pyrrole nitrogens is 1. The van der Waals surface area contributed by atoms with Gasteiger partial charge in [-0.3, -0.25) is 4.79 Å². The zero-order chi connectivity index (χ0) is 26.9. The van der Waals surface area contributed by atoms with Gasteiger partial charge in [0.05, 0.1) is 16.8 Å². The Labute approximate surface area is 234 Å². The number of benzene rings is 1. The molecule has 3 aromatic rings. The molecule has 9 nitrogen and oxygen atoms in total. The average Bonchev–Trinajstić information content (AvgIpc) is 3.39. The molecule has 206 valence electrons. The maximum absolute atomic E-state index is 11.4. The van der Waals surface area contributed by atoms with Gasteiger partial charge in [0.25, 0.3) is 0 Å². The first-order valence-electron chi connectivity index (χ1n) is 13.7. The fraction of sp³-hybridized carbons (Fsp3) is 0.536. The smallest absolute Gasteiger partial charge is 0.209 e. The molecule has 10 heteroatoms. The number of nitrogens with zero attached hydrogens (tertiary/aromatic N) is 5. The van der Waals surface area contributed by atoms with Crippen LogP contribution in [-0.4, -0.2) is 96.2 Å². The summed E-state index contributed by atoms with van der Waals surface area (Å²) < 4.78 is 6.32.